The zero-order chi connectivity index (χ0) is 9.84. The summed E-state index contributed by atoms with van der Waals surface area (Å²) in [5.74, 6) is -0.357. The summed E-state index contributed by atoms with van der Waals surface area (Å²) in [4.78, 5) is 10.1. The zero-order valence-corrected chi connectivity index (χ0v) is 8.29. The van der Waals surface area contributed by atoms with Crippen molar-refractivity contribution in [3.8, 4) is 0 Å². The van der Waals surface area contributed by atoms with Gasteiger partial charge in [0.2, 0.25) is 0 Å². The second kappa shape index (κ2) is 4.48. The third kappa shape index (κ3) is 2.90. The van der Waals surface area contributed by atoms with Crippen LogP contribution < -0.4 is 0 Å². The molecule has 0 spiro atoms. The van der Waals surface area contributed by atoms with Crippen molar-refractivity contribution >= 4 is 22.2 Å². The number of hydrogen-bond donors (Lipinski definition) is 1. The van der Waals surface area contributed by atoms with Crippen molar-refractivity contribution in [2.75, 3.05) is 0 Å². The van der Waals surface area contributed by atoms with Crippen molar-refractivity contribution in [1.82, 2.24) is 0 Å². The minimum Gasteiger partial charge on any atom is -0.385 e. The lowest BCUT2D eigenvalue weighted by Gasteiger charge is -2.03. The van der Waals surface area contributed by atoms with Gasteiger partial charge >= 0.3 is 0 Å². The molecule has 1 aromatic carbocycles. The Morgan fingerprint density at radius 3 is 2.85 bits per heavy atom. The van der Waals surface area contributed by atoms with Crippen LogP contribution in [0.15, 0.2) is 22.7 Å². The van der Waals surface area contributed by atoms with Gasteiger partial charge in [0.1, 0.15) is 18.2 Å². The van der Waals surface area contributed by atoms with Gasteiger partial charge in [0.25, 0.3) is 0 Å². The third-order valence-corrected chi connectivity index (χ3v) is 2.19. The quantitative estimate of drug-likeness (QED) is 0.825. The summed E-state index contributed by atoms with van der Waals surface area (Å²) in [5.41, 5.74) is 0.716. The van der Waals surface area contributed by atoms with Crippen LogP contribution in [0, 0.1) is 5.82 Å². The highest BCUT2D eigenvalue weighted by Crippen LogP contribution is 2.17. The van der Waals surface area contributed by atoms with Crippen LogP contribution in [0.5, 0.6) is 0 Å². The molecule has 2 nitrogen and oxygen atoms in total. The minimum absolute atomic E-state index is 0.211. The average Bonchev–Trinajstić information content (AvgIpc) is 2.11. The first kappa shape index (κ1) is 10.3. The molecule has 0 bridgehead atoms. The molecule has 13 heavy (non-hydrogen) atoms. The first-order valence-electron chi connectivity index (χ1n) is 3.71. The molecule has 0 aliphatic rings. The molecule has 1 aromatic rings. The van der Waals surface area contributed by atoms with Gasteiger partial charge in [0, 0.05) is 6.42 Å². The maximum absolute atomic E-state index is 12.7. The maximum atomic E-state index is 12.7. The van der Waals surface area contributed by atoms with Gasteiger partial charge in [-0.25, -0.2) is 4.39 Å². The van der Waals surface area contributed by atoms with E-state index >= 15 is 0 Å². The molecule has 70 valence electrons. The molecule has 0 aromatic heterocycles. The Bertz CT molecular complexity index is 314. The number of carbonyl (C=O) groups excluding carboxylic acids is 1. The van der Waals surface area contributed by atoms with Crippen molar-refractivity contribution in [3.63, 3.8) is 0 Å². The highest BCUT2D eigenvalue weighted by molar-refractivity contribution is 9.10. The van der Waals surface area contributed by atoms with Crippen LogP contribution in [0.1, 0.15) is 5.56 Å². The van der Waals surface area contributed by atoms with E-state index in [0.717, 1.165) is 0 Å². The monoisotopic (exact) mass is 246 g/mol. The smallest absolute Gasteiger partial charge is 0.148 e. The first-order valence-corrected chi connectivity index (χ1v) is 4.50. The number of halogens is 2. The second-order valence-electron chi connectivity index (χ2n) is 2.66. The van der Waals surface area contributed by atoms with E-state index in [1.54, 1.807) is 6.07 Å². The van der Waals surface area contributed by atoms with E-state index in [4.69, 9.17) is 5.11 Å². The molecule has 1 rings (SSSR count). The van der Waals surface area contributed by atoms with Crippen molar-refractivity contribution in [2.45, 2.75) is 12.5 Å². The normalized spacial score (nSPS) is 12.5. The number of aliphatic hydroxyl groups excluding tert-OH is 1. The molecule has 0 saturated heterocycles. The van der Waals surface area contributed by atoms with Gasteiger partial charge in [-0.15, -0.1) is 0 Å². The molecule has 1 N–H and O–H groups in total. The molecule has 0 aliphatic heterocycles. The highest BCUT2D eigenvalue weighted by Gasteiger charge is 2.05. The Morgan fingerprint density at radius 2 is 2.31 bits per heavy atom. The zero-order valence-electron chi connectivity index (χ0n) is 6.71. The standard InChI is InChI=1S/C9H8BrFO2/c10-8-4-6(1-2-9(8)11)3-7(13)5-12/h1-2,4-5,7,13H,3H2. The van der Waals surface area contributed by atoms with E-state index in [1.807, 2.05) is 0 Å². The third-order valence-electron chi connectivity index (χ3n) is 1.59. The van der Waals surface area contributed by atoms with Crippen LogP contribution in [0.2, 0.25) is 0 Å². The van der Waals surface area contributed by atoms with Crippen LogP contribution in [0.3, 0.4) is 0 Å². The van der Waals surface area contributed by atoms with Crippen LogP contribution in [-0.2, 0) is 11.2 Å². The van der Waals surface area contributed by atoms with Gasteiger partial charge < -0.3 is 9.90 Å². The second-order valence-corrected chi connectivity index (χ2v) is 3.51. The maximum Gasteiger partial charge on any atom is 0.148 e. The summed E-state index contributed by atoms with van der Waals surface area (Å²) in [6.45, 7) is 0. The molecule has 4 heteroatoms. The average molecular weight is 247 g/mol. The Hall–Kier alpha value is -0.740. The lowest BCUT2D eigenvalue weighted by molar-refractivity contribution is -0.114. The minimum atomic E-state index is -1.02. The first-order chi connectivity index (χ1) is 6.13. The molecule has 1 unspecified atom stereocenters. The Balaban J connectivity index is 2.79. The predicted octanol–water partition coefficient (Wildman–Crippen LogP) is 1.69. The fourth-order valence-corrected chi connectivity index (χ4v) is 1.38. The summed E-state index contributed by atoms with van der Waals surface area (Å²) in [6.07, 6.45) is -0.350. The van der Waals surface area contributed by atoms with E-state index < -0.39 is 6.10 Å². The van der Waals surface area contributed by atoms with Crippen molar-refractivity contribution in [2.24, 2.45) is 0 Å². The molecular formula is C9H8BrFO2. The van der Waals surface area contributed by atoms with E-state index in [1.165, 1.54) is 12.1 Å². The van der Waals surface area contributed by atoms with Gasteiger partial charge in [-0.05, 0) is 33.6 Å². The Kier molecular flexibility index (Phi) is 3.57. The summed E-state index contributed by atoms with van der Waals surface area (Å²) in [6, 6.07) is 4.37. The van der Waals surface area contributed by atoms with Gasteiger partial charge in [0.15, 0.2) is 0 Å². The van der Waals surface area contributed by atoms with Crippen molar-refractivity contribution in [1.29, 1.82) is 0 Å². The van der Waals surface area contributed by atoms with Gasteiger partial charge in [-0.1, -0.05) is 6.07 Å². The number of aliphatic hydroxyl groups is 1. The SMILES string of the molecule is O=CC(O)Cc1ccc(F)c(Br)c1. The van der Waals surface area contributed by atoms with Gasteiger partial charge in [-0.3, -0.25) is 0 Å². The molecule has 1 atom stereocenters. The van der Waals surface area contributed by atoms with E-state index in [-0.39, 0.29) is 12.2 Å². The van der Waals surface area contributed by atoms with Crippen LogP contribution in [-0.4, -0.2) is 17.5 Å². The molecule has 0 amide bonds. The van der Waals surface area contributed by atoms with E-state index in [2.05, 4.69) is 15.9 Å². The molecule has 0 radical (unpaired) electrons. The van der Waals surface area contributed by atoms with Crippen molar-refractivity contribution in [3.05, 3.63) is 34.1 Å². The van der Waals surface area contributed by atoms with Crippen LogP contribution in [0.25, 0.3) is 0 Å². The summed E-state index contributed by atoms with van der Waals surface area (Å²) in [7, 11) is 0. The summed E-state index contributed by atoms with van der Waals surface area (Å²) in [5, 5.41) is 8.99. The number of carbonyl (C=O) groups is 1. The molecule has 0 fully saturated rings. The number of hydrogen-bond acceptors (Lipinski definition) is 2. The highest BCUT2D eigenvalue weighted by atomic mass is 79.9. The fraction of sp³-hybridized carbons (Fsp3) is 0.222. The Morgan fingerprint density at radius 1 is 1.62 bits per heavy atom. The molecule has 0 heterocycles. The molecule has 0 aliphatic carbocycles. The largest absolute Gasteiger partial charge is 0.385 e. The van der Waals surface area contributed by atoms with E-state index in [0.29, 0.717) is 16.3 Å². The fourth-order valence-electron chi connectivity index (χ4n) is 0.956. The van der Waals surface area contributed by atoms with Crippen molar-refractivity contribution < 1.29 is 14.3 Å². The van der Waals surface area contributed by atoms with Crippen LogP contribution in [0.4, 0.5) is 4.39 Å². The number of aldehydes is 1. The van der Waals surface area contributed by atoms with Gasteiger partial charge in [0.05, 0.1) is 4.47 Å². The van der Waals surface area contributed by atoms with Crippen LogP contribution >= 0.6 is 15.9 Å². The van der Waals surface area contributed by atoms with Gasteiger partial charge in [-0.2, -0.15) is 0 Å². The topological polar surface area (TPSA) is 37.3 Å². The molecular weight excluding hydrogens is 239 g/mol. The number of rotatable bonds is 3. The molecule has 0 saturated carbocycles. The van der Waals surface area contributed by atoms with E-state index in [9.17, 15) is 9.18 Å². The lowest BCUT2D eigenvalue weighted by Crippen LogP contribution is -2.11. The Labute approximate surface area is 83.5 Å². The predicted molar refractivity (Wildman–Crippen MR) is 49.9 cm³/mol. The number of benzene rings is 1. The summed E-state index contributed by atoms with van der Waals surface area (Å²) >= 11 is 3.01. The summed E-state index contributed by atoms with van der Waals surface area (Å²) < 4.78 is 13.1. The lowest BCUT2D eigenvalue weighted by atomic mass is 10.1.